The van der Waals surface area contributed by atoms with Crippen LogP contribution in [0.3, 0.4) is 0 Å². The Bertz CT molecular complexity index is 653. The SMILES string of the molecule is CCCCCCCCCCCCCCCC(=O)OCC(O)C1OC(=O)C(C)=C1N.CP(=O)(O)O. The number of hydrogen-bond donors (Lipinski definition) is 4. The molecule has 34 heavy (non-hydrogen) atoms. The fourth-order valence-corrected chi connectivity index (χ4v) is 3.51. The number of unbranched alkanes of at least 4 members (excludes halogenated alkanes) is 12. The maximum absolute atomic E-state index is 11.8. The van der Waals surface area contributed by atoms with Crippen LogP contribution < -0.4 is 5.73 Å². The summed E-state index contributed by atoms with van der Waals surface area (Å²) in [5.74, 6) is -0.874. The summed E-state index contributed by atoms with van der Waals surface area (Å²) >= 11 is 0. The van der Waals surface area contributed by atoms with E-state index in [0.717, 1.165) is 25.9 Å². The first-order valence-electron chi connectivity index (χ1n) is 12.5. The van der Waals surface area contributed by atoms with Crippen LogP contribution in [0.5, 0.6) is 0 Å². The number of carbonyl (C=O) groups is 2. The summed E-state index contributed by atoms with van der Waals surface area (Å²) in [6.45, 7) is 4.43. The van der Waals surface area contributed by atoms with Gasteiger partial charge in [0, 0.05) is 13.1 Å². The molecule has 0 aromatic carbocycles. The van der Waals surface area contributed by atoms with Crippen LogP contribution in [-0.2, 0) is 23.6 Å². The van der Waals surface area contributed by atoms with Crippen molar-refractivity contribution in [3.8, 4) is 0 Å². The van der Waals surface area contributed by atoms with Crippen LogP contribution in [0.15, 0.2) is 11.3 Å². The van der Waals surface area contributed by atoms with Gasteiger partial charge >= 0.3 is 19.5 Å². The molecule has 1 rings (SSSR count). The zero-order valence-electron chi connectivity index (χ0n) is 21.2. The van der Waals surface area contributed by atoms with Crippen LogP contribution in [0.4, 0.5) is 0 Å². The van der Waals surface area contributed by atoms with Crippen LogP contribution in [-0.4, -0.2) is 52.3 Å². The van der Waals surface area contributed by atoms with Gasteiger partial charge in [0.15, 0.2) is 6.10 Å². The summed E-state index contributed by atoms with van der Waals surface area (Å²) in [4.78, 5) is 38.5. The first-order valence-corrected chi connectivity index (χ1v) is 14.6. The molecule has 2 unspecified atom stereocenters. The molecule has 10 heteroatoms. The first-order chi connectivity index (χ1) is 16.0. The number of esters is 2. The van der Waals surface area contributed by atoms with Crippen molar-refractivity contribution < 1.29 is 38.5 Å². The standard InChI is InChI=1S/C23H41NO5.CH5O3P/c1-3-4-5-6-7-8-9-10-11-12-13-14-15-16-20(26)28-17-19(25)22-21(24)18(2)23(27)29-22;1-5(2,3)4/h19,22,25H,3-17,24H2,1-2H3;1H3,(H2,2,3,4). The Kier molecular flexibility index (Phi) is 18.1. The molecule has 1 aliphatic rings. The van der Waals surface area contributed by atoms with Crippen molar-refractivity contribution in [1.29, 1.82) is 0 Å². The van der Waals surface area contributed by atoms with E-state index >= 15 is 0 Å². The first kappa shape index (κ1) is 32.6. The molecule has 1 heterocycles. The van der Waals surface area contributed by atoms with E-state index in [1.54, 1.807) is 6.92 Å². The van der Waals surface area contributed by atoms with E-state index in [9.17, 15) is 19.3 Å². The molecule has 200 valence electrons. The highest BCUT2D eigenvalue weighted by Gasteiger charge is 2.35. The van der Waals surface area contributed by atoms with Gasteiger partial charge in [-0.2, -0.15) is 0 Å². The van der Waals surface area contributed by atoms with E-state index in [0.29, 0.717) is 12.0 Å². The quantitative estimate of drug-likeness (QED) is 0.128. The van der Waals surface area contributed by atoms with Gasteiger partial charge in [-0.15, -0.1) is 0 Å². The predicted molar refractivity (Wildman–Crippen MR) is 132 cm³/mol. The molecule has 0 spiro atoms. The lowest BCUT2D eigenvalue weighted by Gasteiger charge is -2.18. The molecule has 9 nitrogen and oxygen atoms in total. The smallest absolute Gasteiger partial charge is 0.336 e. The van der Waals surface area contributed by atoms with Crippen LogP contribution in [0.1, 0.15) is 104 Å². The number of ether oxygens (including phenoxy) is 2. The lowest BCUT2D eigenvalue weighted by atomic mass is 10.0. The molecule has 1 aliphatic heterocycles. The molecular formula is C24H46NO8P. The minimum Gasteiger partial charge on any atom is -0.463 e. The molecule has 0 saturated carbocycles. The second-order valence-electron chi connectivity index (χ2n) is 8.98. The summed E-state index contributed by atoms with van der Waals surface area (Å²) in [7, 11) is -3.64. The topological polar surface area (TPSA) is 156 Å². The van der Waals surface area contributed by atoms with Gasteiger partial charge in [0.25, 0.3) is 0 Å². The molecule has 0 amide bonds. The average Bonchev–Trinajstić information content (AvgIpc) is 3.01. The third-order valence-electron chi connectivity index (χ3n) is 5.53. The monoisotopic (exact) mass is 507 g/mol. The number of cyclic esters (lactones) is 1. The van der Waals surface area contributed by atoms with Crippen molar-refractivity contribution in [2.75, 3.05) is 13.3 Å². The Balaban J connectivity index is 0.00000196. The van der Waals surface area contributed by atoms with E-state index in [2.05, 4.69) is 6.92 Å². The Morgan fingerprint density at radius 3 is 1.79 bits per heavy atom. The van der Waals surface area contributed by atoms with Crippen molar-refractivity contribution in [3.05, 3.63) is 11.3 Å². The van der Waals surface area contributed by atoms with Crippen molar-refractivity contribution >= 4 is 19.5 Å². The van der Waals surface area contributed by atoms with E-state index < -0.39 is 25.8 Å². The molecular weight excluding hydrogens is 461 g/mol. The fourth-order valence-electron chi connectivity index (χ4n) is 3.51. The molecule has 2 atom stereocenters. The summed E-state index contributed by atoms with van der Waals surface area (Å²) in [5.41, 5.74) is 6.25. The Morgan fingerprint density at radius 1 is 1.00 bits per heavy atom. The molecule has 0 aromatic rings. The van der Waals surface area contributed by atoms with Gasteiger partial charge in [-0.3, -0.25) is 9.36 Å². The largest absolute Gasteiger partial charge is 0.463 e. The highest BCUT2D eigenvalue weighted by atomic mass is 31.2. The van der Waals surface area contributed by atoms with Crippen molar-refractivity contribution in [2.24, 2.45) is 5.73 Å². The van der Waals surface area contributed by atoms with Crippen molar-refractivity contribution in [1.82, 2.24) is 0 Å². The highest BCUT2D eigenvalue weighted by Crippen LogP contribution is 2.26. The lowest BCUT2D eigenvalue weighted by molar-refractivity contribution is -0.152. The van der Waals surface area contributed by atoms with E-state index in [1.165, 1.54) is 64.2 Å². The van der Waals surface area contributed by atoms with Gasteiger partial charge in [-0.05, 0) is 13.3 Å². The predicted octanol–water partition coefficient (Wildman–Crippen LogP) is 4.32. The van der Waals surface area contributed by atoms with Crippen LogP contribution >= 0.6 is 7.60 Å². The molecule has 0 aromatic heterocycles. The highest BCUT2D eigenvalue weighted by molar-refractivity contribution is 7.50. The summed E-state index contributed by atoms with van der Waals surface area (Å²) in [6, 6.07) is 0. The zero-order chi connectivity index (χ0) is 26.0. The minimum absolute atomic E-state index is 0.204. The Hall–Kier alpha value is -1.41. The van der Waals surface area contributed by atoms with Crippen molar-refractivity contribution in [3.63, 3.8) is 0 Å². The molecule has 0 fully saturated rings. The Labute approximate surface area is 204 Å². The minimum atomic E-state index is -3.64. The maximum Gasteiger partial charge on any atom is 0.336 e. The number of carbonyl (C=O) groups excluding carboxylic acids is 2. The fraction of sp³-hybridized carbons (Fsp3) is 0.833. The number of rotatable bonds is 17. The number of aliphatic hydroxyl groups is 1. The van der Waals surface area contributed by atoms with E-state index in [1.807, 2.05) is 0 Å². The van der Waals surface area contributed by atoms with Crippen molar-refractivity contribution in [2.45, 2.75) is 116 Å². The number of hydrogen-bond acceptors (Lipinski definition) is 7. The van der Waals surface area contributed by atoms with Gasteiger partial charge < -0.3 is 30.1 Å². The molecule has 0 saturated heterocycles. The Morgan fingerprint density at radius 2 is 1.41 bits per heavy atom. The van der Waals surface area contributed by atoms with E-state index in [-0.39, 0.29) is 18.3 Å². The summed E-state index contributed by atoms with van der Waals surface area (Å²) < 4.78 is 19.4. The number of aliphatic hydroxyl groups excluding tert-OH is 1. The normalized spacial score (nSPS) is 16.6. The molecule has 0 aliphatic carbocycles. The molecule has 5 N–H and O–H groups in total. The van der Waals surface area contributed by atoms with Gasteiger partial charge in [0.1, 0.15) is 12.7 Å². The van der Waals surface area contributed by atoms with Gasteiger partial charge in [-0.25, -0.2) is 4.79 Å². The van der Waals surface area contributed by atoms with Gasteiger partial charge in [0.2, 0.25) is 0 Å². The lowest BCUT2D eigenvalue weighted by Crippen LogP contribution is -2.35. The zero-order valence-corrected chi connectivity index (χ0v) is 22.1. The summed E-state index contributed by atoms with van der Waals surface area (Å²) in [6.07, 6.45) is 14.6. The van der Waals surface area contributed by atoms with Crippen LogP contribution in [0.25, 0.3) is 0 Å². The maximum atomic E-state index is 11.8. The summed E-state index contributed by atoms with van der Waals surface area (Å²) in [5, 5.41) is 10.0. The van der Waals surface area contributed by atoms with Crippen LogP contribution in [0, 0.1) is 0 Å². The van der Waals surface area contributed by atoms with E-state index in [4.69, 9.17) is 25.0 Å². The third kappa shape index (κ3) is 18.0. The molecule has 0 radical (unpaired) electrons. The second kappa shape index (κ2) is 18.9. The second-order valence-corrected chi connectivity index (χ2v) is 10.7. The average molecular weight is 508 g/mol. The van der Waals surface area contributed by atoms with Gasteiger partial charge in [-0.1, -0.05) is 84.0 Å². The van der Waals surface area contributed by atoms with Gasteiger partial charge in [0.05, 0.1) is 11.3 Å². The van der Waals surface area contributed by atoms with Crippen LogP contribution in [0.2, 0.25) is 0 Å². The number of nitrogens with two attached hydrogens (primary N) is 1. The third-order valence-corrected chi connectivity index (χ3v) is 5.53. The molecule has 0 bridgehead atoms.